The van der Waals surface area contributed by atoms with Crippen molar-refractivity contribution in [3.8, 4) is 0 Å². The highest BCUT2D eigenvalue weighted by molar-refractivity contribution is 9.10. The number of halogens is 2. The molecule has 0 spiro atoms. The molecule has 0 aromatic heterocycles. The van der Waals surface area contributed by atoms with Crippen LogP contribution >= 0.6 is 27.5 Å². The van der Waals surface area contributed by atoms with Crippen LogP contribution in [0.15, 0.2) is 22.7 Å². The van der Waals surface area contributed by atoms with E-state index >= 15 is 0 Å². The van der Waals surface area contributed by atoms with Gasteiger partial charge in [0.1, 0.15) is 0 Å². The Morgan fingerprint density at radius 1 is 1.31 bits per heavy atom. The summed E-state index contributed by atoms with van der Waals surface area (Å²) in [5.41, 5.74) is 7.25. The average Bonchev–Trinajstić information content (AvgIpc) is 2.21. The molecule has 0 saturated heterocycles. The molecule has 0 amide bonds. The van der Waals surface area contributed by atoms with Crippen molar-refractivity contribution < 1.29 is 0 Å². The number of nitrogens with two attached hydrogens (primary N) is 1. The van der Waals surface area contributed by atoms with Gasteiger partial charge in [-0.1, -0.05) is 44.4 Å². The number of benzene rings is 1. The normalized spacial score (nSPS) is 13.1. The Hall–Kier alpha value is -0.0500. The molecule has 3 heteroatoms. The Bertz CT molecular complexity index is 339. The largest absolute Gasteiger partial charge is 0.324 e. The van der Waals surface area contributed by atoms with E-state index in [1.807, 2.05) is 18.2 Å². The molecule has 0 aliphatic heterocycles. The fourth-order valence-electron chi connectivity index (χ4n) is 1.66. The molecule has 1 unspecified atom stereocenters. The van der Waals surface area contributed by atoms with Crippen LogP contribution in [0.5, 0.6) is 0 Å². The second kappa shape index (κ2) is 6.63. The maximum atomic E-state index is 6.13. The molecule has 2 N–H and O–H groups in total. The molecule has 0 heterocycles. The first-order valence-electron chi connectivity index (χ1n) is 5.71. The fourth-order valence-corrected chi connectivity index (χ4v) is 2.09. The summed E-state index contributed by atoms with van der Waals surface area (Å²) in [5, 5.41) is 0.733. The molecule has 0 saturated carbocycles. The second-order valence-electron chi connectivity index (χ2n) is 4.60. The van der Waals surface area contributed by atoms with Crippen LogP contribution in [-0.4, -0.2) is 0 Å². The van der Waals surface area contributed by atoms with Crippen molar-refractivity contribution in [2.75, 3.05) is 0 Å². The Kier molecular flexibility index (Phi) is 5.81. The lowest BCUT2D eigenvalue weighted by Gasteiger charge is -2.13. The van der Waals surface area contributed by atoms with E-state index in [-0.39, 0.29) is 6.04 Å². The van der Waals surface area contributed by atoms with Crippen molar-refractivity contribution >= 4 is 27.5 Å². The summed E-state index contributed by atoms with van der Waals surface area (Å²) in [5.74, 6) is 0.751. The summed E-state index contributed by atoms with van der Waals surface area (Å²) in [4.78, 5) is 0. The van der Waals surface area contributed by atoms with Crippen molar-refractivity contribution in [1.82, 2.24) is 0 Å². The minimum absolute atomic E-state index is 0.101. The summed E-state index contributed by atoms with van der Waals surface area (Å²) < 4.78 is 0.923. The zero-order valence-corrected chi connectivity index (χ0v) is 12.2. The van der Waals surface area contributed by atoms with Crippen LogP contribution in [0.1, 0.15) is 44.7 Å². The molecular weight excluding hydrogens is 286 g/mol. The van der Waals surface area contributed by atoms with E-state index in [0.29, 0.717) is 0 Å². The topological polar surface area (TPSA) is 26.0 Å². The molecule has 0 radical (unpaired) electrons. The predicted molar refractivity (Wildman–Crippen MR) is 74.8 cm³/mol. The van der Waals surface area contributed by atoms with E-state index < -0.39 is 0 Å². The number of hydrogen-bond donors (Lipinski definition) is 1. The van der Waals surface area contributed by atoms with Gasteiger partial charge in [0.15, 0.2) is 0 Å². The molecule has 0 bridgehead atoms. The van der Waals surface area contributed by atoms with Gasteiger partial charge < -0.3 is 5.73 Å². The highest BCUT2D eigenvalue weighted by atomic mass is 79.9. The first-order valence-corrected chi connectivity index (χ1v) is 6.88. The third-order valence-electron chi connectivity index (χ3n) is 2.67. The fraction of sp³-hybridized carbons (Fsp3) is 0.538. The van der Waals surface area contributed by atoms with Crippen molar-refractivity contribution in [2.24, 2.45) is 11.7 Å². The summed E-state index contributed by atoms with van der Waals surface area (Å²) in [7, 11) is 0. The molecule has 0 fully saturated rings. The molecule has 1 aromatic carbocycles. The van der Waals surface area contributed by atoms with E-state index in [2.05, 4.69) is 29.8 Å². The maximum absolute atomic E-state index is 6.13. The van der Waals surface area contributed by atoms with E-state index in [4.69, 9.17) is 17.3 Å². The van der Waals surface area contributed by atoms with Gasteiger partial charge in [0.2, 0.25) is 0 Å². The van der Waals surface area contributed by atoms with Gasteiger partial charge in [0.25, 0.3) is 0 Å². The smallest absolute Gasteiger partial charge is 0.0551 e. The van der Waals surface area contributed by atoms with Gasteiger partial charge in [-0.15, -0.1) is 0 Å². The van der Waals surface area contributed by atoms with Crippen LogP contribution in [0.2, 0.25) is 5.02 Å². The van der Waals surface area contributed by atoms with Crippen LogP contribution in [0.4, 0.5) is 0 Å². The molecule has 1 aromatic rings. The average molecular weight is 305 g/mol. The van der Waals surface area contributed by atoms with Gasteiger partial charge in [-0.3, -0.25) is 0 Å². The molecule has 16 heavy (non-hydrogen) atoms. The first kappa shape index (κ1) is 14.0. The van der Waals surface area contributed by atoms with Gasteiger partial charge in [0.05, 0.1) is 5.02 Å². The number of rotatable bonds is 5. The van der Waals surface area contributed by atoms with Crippen LogP contribution in [-0.2, 0) is 0 Å². The third kappa shape index (κ3) is 4.44. The van der Waals surface area contributed by atoms with Gasteiger partial charge in [-0.25, -0.2) is 0 Å². The van der Waals surface area contributed by atoms with Gasteiger partial charge >= 0.3 is 0 Å². The molecule has 90 valence electrons. The highest BCUT2D eigenvalue weighted by Crippen LogP contribution is 2.27. The second-order valence-corrected chi connectivity index (χ2v) is 5.87. The quantitative estimate of drug-likeness (QED) is 0.820. The van der Waals surface area contributed by atoms with Gasteiger partial charge in [-0.2, -0.15) is 0 Å². The summed E-state index contributed by atoms with van der Waals surface area (Å²) in [6, 6.07) is 6.05. The molecule has 1 atom stereocenters. The number of hydrogen-bond acceptors (Lipinski definition) is 1. The summed E-state index contributed by atoms with van der Waals surface area (Å²) in [6.45, 7) is 4.48. The zero-order valence-electron chi connectivity index (χ0n) is 9.84. The first-order chi connectivity index (χ1) is 7.50. The standard InChI is InChI=1S/C13H19BrClN/c1-9(2)4-3-5-13(16)10-6-7-11(14)12(15)8-10/h6-9,13H,3-5,16H2,1-2H3. The lowest BCUT2D eigenvalue weighted by Crippen LogP contribution is -2.10. The van der Waals surface area contributed by atoms with Gasteiger partial charge in [0, 0.05) is 10.5 Å². The zero-order chi connectivity index (χ0) is 12.1. The van der Waals surface area contributed by atoms with E-state index in [0.717, 1.165) is 27.4 Å². The maximum Gasteiger partial charge on any atom is 0.0551 e. The third-order valence-corrected chi connectivity index (χ3v) is 3.90. The minimum Gasteiger partial charge on any atom is -0.324 e. The Morgan fingerprint density at radius 2 is 2.00 bits per heavy atom. The van der Waals surface area contributed by atoms with Crippen LogP contribution in [0, 0.1) is 5.92 Å². The van der Waals surface area contributed by atoms with Crippen LogP contribution in [0.25, 0.3) is 0 Å². The molecule has 0 aliphatic carbocycles. The SMILES string of the molecule is CC(C)CCCC(N)c1ccc(Br)c(Cl)c1. The Morgan fingerprint density at radius 3 is 2.56 bits per heavy atom. The van der Waals surface area contributed by atoms with Crippen molar-refractivity contribution in [3.63, 3.8) is 0 Å². The van der Waals surface area contributed by atoms with E-state index in [1.54, 1.807) is 0 Å². The van der Waals surface area contributed by atoms with Crippen LogP contribution < -0.4 is 5.73 Å². The lowest BCUT2D eigenvalue weighted by molar-refractivity contribution is 0.505. The summed E-state index contributed by atoms with van der Waals surface area (Å²) >= 11 is 9.42. The van der Waals surface area contributed by atoms with E-state index in [9.17, 15) is 0 Å². The van der Waals surface area contributed by atoms with Crippen molar-refractivity contribution in [1.29, 1.82) is 0 Å². The van der Waals surface area contributed by atoms with Crippen LogP contribution in [0.3, 0.4) is 0 Å². The molecule has 0 aliphatic rings. The van der Waals surface area contributed by atoms with Crippen molar-refractivity contribution in [3.05, 3.63) is 33.3 Å². The monoisotopic (exact) mass is 303 g/mol. The van der Waals surface area contributed by atoms with Crippen molar-refractivity contribution in [2.45, 2.75) is 39.2 Å². The Labute approximate surface area is 111 Å². The molecule has 1 rings (SSSR count). The Balaban J connectivity index is 2.52. The van der Waals surface area contributed by atoms with E-state index in [1.165, 1.54) is 12.8 Å². The highest BCUT2D eigenvalue weighted by Gasteiger charge is 2.08. The predicted octanol–water partition coefficient (Wildman–Crippen LogP) is 4.93. The van der Waals surface area contributed by atoms with Gasteiger partial charge in [-0.05, 0) is 46.0 Å². The molecular formula is C13H19BrClN. The molecule has 1 nitrogen and oxygen atoms in total. The lowest BCUT2D eigenvalue weighted by atomic mass is 9.99. The minimum atomic E-state index is 0.101. The summed E-state index contributed by atoms with van der Waals surface area (Å²) in [6.07, 6.45) is 3.43.